The van der Waals surface area contributed by atoms with Crippen LogP contribution in [0.3, 0.4) is 0 Å². The number of benzene rings is 1. The molecule has 0 saturated carbocycles. The van der Waals surface area contributed by atoms with E-state index in [0.29, 0.717) is 0 Å². The molecule has 3 heteroatoms. The van der Waals surface area contributed by atoms with Crippen molar-refractivity contribution >= 4 is 5.71 Å². The molecule has 1 atom stereocenters. The van der Waals surface area contributed by atoms with Gasteiger partial charge in [0.15, 0.2) is 0 Å². The molecule has 14 heavy (non-hydrogen) atoms. The number of methoxy groups -OCH3 is 1. The number of hydrogen-bond donors (Lipinski definition) is 1. The van der Waals surface area contributed by atoms with Gasteiger partial charge in [0.2, 0.25) is 0 Å². The molecule has 0 heterocycles. The van der Waals surface area contributed by atoms with Crippen LogP contribution in [0.5, 0.6) is 5.75 Å². The molecular weight excluding hydrogens is 178 g/mol. The van der Waals surface area contributed by atoms with Crippen LogP contribution in [0.25, 0.3) is 0 Å². The zero-order chi connectivity index (χ0) is 10.1. The Morgan fingerprint density at radius 1 is 1.50 bits per heavy atom. The molecule has 1 unspecified atom stereocenters. The highest BCUT2D eigenvalue weighted by atomic mass is 16.5. The van der Waals surface area contributed by atoms with E-state index >= 15 is 0 Å². The maximum atomic E-state index is 8.89. The molecule has 74 valence electrons. The monoisotopic (exact) mass is 191 g/mol. The van der Waals surface area contributed by atoms with Gasteiger partial charge in [0.1, 0.15) is 5.75 Å². The van der Waals surface area contributed by atoms with Crippen molar-refractivity contribution in [3.63, 3.8) is 0 Å². The fraction of sp³-hybridized carbons (Fsp3) is 0.364. The summed E-state index contributed by atoms with van der Waals surface area (Å²) in [6.07, 6.45) is 0.888. The van der Waals surface area contributed by atoms with Crippen molar-refractivity contribution in [2.45, 2.75) is 13.3 Å². The van der Waals surface area contributed by atoms with Gasteiger partial charge >= 0.3 is 0 Å². The summed E-state index contributed by atoms with van der Waals surface area (Å²) in [5.74, 6) is 1.15. The maximum Gasteiger partial charge on any atom is 0.122 e. The van der Waals surface area contributed by atoms with Crippen molar-refractivity contribution < 1.29 is 9.94 Å². The Kier molecular flexibility index (Phi) is 2.15. The first-order chi connectivity index (χ1) is 6.77. The van der Waals surface area contributed by atoms with Crippen molar-refractivity contribution in [1.29, 1.82) is 0 Å². The van der Waals surface area contributed by atoms with Crippen LogP contribution in [0, 0.1) is 5.92 Å². The van der Waals surface area contributed by atoms with E-state index in [4.69, 9.17) is 9.94 Å². The van der Waals surface area contributed by atoms with Gasteiger partial charge in [-0.2, -0.15) is 0 Å². The van der Waals surface area contributed by atoms with Gasteiger partial charge in [-0.05, 0) is 12.5 Å². The Morgan fingerprint density at radius 3 is 2.93 bits per heavy atom. The van der Waals surface area contributed by atoms with E-state index in [0.717, 1.165) is 29.0 Å². The predicted octanol–water partition coefficient (Wildman–Crippen LogP) is 2.07. The number of oxime groups is 1. The first-order valence-electron chi connectivity index (χ1n) is 4.66. The molecule has 0 radical (unpaired) electrons. The molecule has 0 amide bonds. The summed E-state index contributed by atoms with van der Waals surface area (Å²) in [7, 11) is 1.66. The third-order valence-electron chi connectivity index (χ3n) is 2.71. The minimum Gasteiger partial charge on any atom is -0.496 e. The lowest BCUT2D eigenvalue weighted by molar-refractivity contribution is 0.316. The number of hydrogen-bond acceptors (Lipinski definition) is 3. The molecule has 0 fully saturated rings. The predicted molar refractivity (Wildman–Crippen MR) is 54.2 cm³/mol. The molecule has 2 rings (SSSR count). The van der Waals surface area contributed by atoms with Crippen molar-refractivity contribution in [2.75, 3.05) is 7.11 Å². The summed E-state index contributed by atoms with van der Waals surface area (Å²) in [6, 6.07) is 5.82. The second kappa shape index (κ2) is 3.33. The van der Waals surface area contributed by atoms with Crippen molar-refractivity contribution in [3.8, 4) is 5.75 Å². The van der Waals surface area contributed by atoms with E-state index in [1.807, 2.05) is 18.2 Å². The maximum absolute atomic E-state index is 8.89. The molecule has 0 spiro atoms. The van der Waals surface area contributed by atoms with E-state index < -0.39 is 0 Å². The highest BCUT2D eigenvalue weighted by Gasteiger charge is 2.27. The van der Waals surface area contributed by atoms with Crippen molar-refractivity contribution in [2.24, 2.45) is 11.1 Å². The number of ether oxygens (including phenoxy) is 1. The van der Waals surface area contributed by atoms with Gasteiger partial charge in [0.05, 0.1) is 12.8 Å². The molecule has 0 aliphatic heterocycles. The average Bonchev–Trinajstić information content (AvgIpc) is 2.52. The zero-order valence-electron chi connectivity index (χ0n) is 8.32. The quantitative estimate of drug-likeness (QED) is 0.545. The normalized spacial score (nSPS) is 22.4. The number of nitrogens with zero attached hydrogens (tertiary/aromatic N) is 1. The summed E-state index contributed by atoms with van der Waals surface area (Å²) in [4.78, 5) is 0. The van der Waals surface area contributed by atoms with Gasteiger partial charge < -0.3 is 9.94 Å². The fourth-order valence-corrected chi connectivity index (χ4v) is 2.03. The van der Waals surface area contributed by atoms with E-state index in [-0.39, 0.29) is 5.92 Å². The van der Waals surface area contributed by atoms with Gasteiger partial charge in [-0.25, -0.2) is 0 Å². The smallest absolute Gasteiger partial charge is 0.122 e. The molecule has 1 aromatic carbocycles. The Hall–Kier alpha value is -1.51. The van der Waals surface area contributed by atoms with Crippen LogP contribution in [0.1, 0.15) is 18.1 Å². The summed E-state index contributed by atoms with van der Waals surface area (Å²) in [5, 5.41) is 12.2. The minimum atomic E-state index is 0.270. The standard InChI is InChI=1S/C11H13NO2/c1-7-6-9-8(11(7)12-13)4-3-5-10(9)14-2/h3-5,7,13H,6H2,1-2H3/b12-11+. The summed E-state index contributed by atoms with van der Waals surface area (Å²) >= 11 is 0. The van der Waals surface area contributed by atoms with E-state index in [1.165, 1.54) is 0 Å². The summed E-state index contributed by atoms with van der Waals surface area (Å²) < 4.78 is 5.26. The number of fused-ring (bicyclic) bond motifs is 1. The Labute approximate surface area is 83.0 Å². The van der Waals surface area contributed by atoms with Crippen molar-refractivity contribution in [1.82, 2.24) is 0 Å². The first-order valence-corrected chi connectivity index (χ1v) is 4.66. The second-order valence-electron chi connectivity index (χ2n) is 3.58. The van der Waals surface area contributed by atoms with E-state index in [2.05, 4.69) is 12.1 Å². The topological polar surface area (TPSA) is 41.8 Å². The summed E-state index contributed by atoms with van der Waals surface area (Å²) in [5.41, 5.74) is 2.92. The second-order valence-corrected chi connectivity index (χ2v) is 3.58. The molecule has 0 aromatic heterocycles. The summed E-state index contributed by atoms with van der Waals surface area (Å²) in [6.45, 7) is 2.05. The third-order valence-corrected chi connectivity index (χ3v) is 2.71. The van der Waals surface area contributed by atoms with Gasteiger partial charge in [0.25, 0.3) is 0 Å². The van der Waals surface area contributed by atoms with Crippen LogP contribution < -0.4 is 4.74 Å². The highest BCUT2D eigenvalue weighted by molar-refractivity contribution is 6.06. The molecule has 1 N–H and O–H groups in total. The molecule has 0 saturated heterocycles. The van der Waals surface area contributed by atoms with Gasteiger partial charge in [-0.3, -0.25) is 0 Å². The zero-order valence-corrected chi connectivity index (χ0v) is 8.32. The van der Waals surface area contributed by atoms with E-state index in [9.17, 15) is 0 Å². The van der Waals surface area contributed by atoms with E-state index in [1.54, 1.807) is 7.11 Å². The third kappa shape index (κ3) is 1.16. The molecule has 1 aromatic rings. The Bertz CT molecular complexity index is 385. The van der Waals surface area contributed by atoms with Crippen molar-refractivity contribution in [3.05, 3.63) is 29.3 Å². The minimum absolute atomic E-state index is 0.270. The Morgan fingerprint density at radius 2 is 2.29 bits per heavy atom. The lowest BCUT2D eigenvalue weighted by Crippen LogP contribution is -2.05. The molecule has 3 nitrogen and oxygen atoms in total. The van der Waals surface area contributed by atoms with Crippen LogP contribution in [-0.2, 0) is 6.42 Å². The van der Waals surface area contributed by atoms with Crippen LogP contribution in [0.2, 0.25) is 0 Å². The van der Waals surface area contributed by atoms with Gasteiger partial charge in [0, 0.05) is 17.0 Å². The SMILES string of the molecule is COc1cccc2c1CC(C)/C2=N\O. The molecule has 1 aliphatic carbocycles. The number of rotatable bonds is 1. The van der Waals surface area contributed by atoms with Crippen LogP contribution in [-0.4, -0.2) is 18.0 Å². The largest absolute Gasteiger partial charge is 0.496 e. The van der Waals surface area contributed by atoms with Crippen LogP contribution in [0.15, 0.2) is 23.4 Å². The van der Waals surface area contributed by atoms with Gasteiger partial charge in [-0.1, -0.05) is 24.2 Å². The van der Waals surface area contributed by atoms with Crippen LogP contribution in [0.4, 0.5) is 0 Å². The molecule has 0 bridgehead atoms. The average molecular weight is 191 g/mol. The molecular formula is C11H13NO2. The Balaban J connectivity index is 2.57. The van der Waals surface area contributed by atoms with Gasteiger partial charge in [-0.15, -0.1) is 0 Å². The van der Waals surface area contributed by atoms with Crippen LogP contribution >= 0.6 is 0 Å². The fourth-order valence-electron chi connectivity index (χ4n) is 2.03. The molecule has 1 aliphatic rings. The highest BCUT2D eigenvalue weighted by Crippen LogP contribution is 2.33. The lowest BCUT2D eigenvalue weighted by atomic mass is 10.1. The lowest BCUT2D eigenvalue weighted by Gasteiger charge is -2.05. The first kappa shape index (κ1) is 9.06.